The Morgan fingerprint density at radius 1 is 1.43 bits per heavy atom. The second kappa shape index (κ2) is 6.60. The third-order valence-corrected chi connectivity index (χ3v) is 3.98. The summed E-state index contributed by atoms with van der Waals surface area (Å²) in [6.07, 6.45) is 5.83. The number of aromatic nitrogens is 2. The van der Waals surface area contributed by atoms with Crippen LogP contribution in [0.5, 0.6) is 0 Å². The van der Waals surface area contributed by atoms with E-state index < -0.39 is 0 Å². The number of hydrogen-bond acceptors (Lipinski definition) is 4. The fraction of sp³-hybridized carbons (Fsp3) is 0.750. The molecule has 0 saturated carbocycles. The summed E-state index contributed by atoms with van der Waals surface area (Å²) in [4.78, 5) is 18.9. The summed E-state index contributed by atoms with van der Waals surface area (Å²) in [5.74, 6) is 1.19. The lowest BCUT2D eigenvalue weighted by Gasteiger charge is -2.35. The lowest BCUT2D eigenvalue weighted by molar-refractivity contribution is 0.334. The summed E-state index contributed by atoms with van der Waals surface area (Å²) in [5, 5.41) is 3.57. The molecule has 1 aromatic rings. The minimum absolute atomic E-state index is 0.0319. The highest BCUT2D eigenvalue weighted by molar-refractivity contribution is 5.36. The highest BCUT2D eigenvalue weighted by Crippen LogP contribution is 2.19. The van der Waals surface area contributed by atoms with Gasteiger partial charge in [-0.25, -0.2) is 4.98 Å². The lowest BCUT2D eigenvalue weighted by Crippen LogP contribution is -2.46. The first-order valence-corrected chi connectivity index (χ1v) is 7.96. The summed E-state index contributed by atoms with van der Waals surface area (Å²) < 4.78 is 1.72. The molecule has 1 aliphatic heterocycles. The molecule has 0 aromatic carbocycles. The molecule has 0 bridgehead atoms. The van der Waals surface area contributed by atoms with Gasteiger partial charge in [-0.15, -0.1) is 0 Å². The van der Waals surface area contributed by atoms with Crippen LogP contribution >= 0.6 is 0 Å². The summed E-state index contributed by atoms with van der Waals surface area (Å²) in [6.45, 7) is 12.1. The molecule has 2 rings (SSSR count). The first-order chi connectivity index (χ1) is 9.90. The van der Waals surface area contributed by atoms with Gasteiger partial charge in [0.25, 0.3) is 5.56 Å². The van der Waals surface area contributed by atoms with Crippen LogP contribution in [0.25, 0.3) is 0 Å². The number of anilines is 1. The summed E-state index contributed by atoms with van der Waals surface area (Å²) >= 11 is 0. The van der Waals surface area contributed by atoms with Crippen molar-refractivity contribution in [3.63, 3.8) is 0 Å². The Hall–Kier alpha value is -1.36. The molecule has 1 atom stereocenters. The van der Waals surface area contributed by atoms with Gasteiger partial charge in [-0.3, -0.25) is 4.79 Å². The second-order valence-electron chi connectivity index (χ2n) is 6.93. The molecular formula is C16H28N4O. The van der Waals surface area contributed by atoms with Gasteiger partial charge in [0.05, 0.1) is 0 Å². The van der Waals surface area contributed by atoms with Crippen molar-refractivity contribution in [1.29, 1.82) is 0 Å². The number of rotatable bonds is 4. The Bertz CT molecular complexity index is 518. The number of hydrogen-bond donors (Lipinski definition) is 1. The topological polar surface area (TPSA) is 50.2 Å². The molecule has 5 heteroatoms. The smallest absolute Gasteiger partial charge is 0.293 e. The zero-order valence-corrected chi connectivity index (χ0v) is 13.7. The van der Waals surface area contributed by atoms with Crippen molar-refractivity contribution in [2.75, 3.05) is 24.5 Å². The maximum absolute atomic E-state index is 12.4. The molecule has 1 aromatic heterocycles. The molecule has 5 nitrogen and oxygen atoms in total. The normalized spacial score (nSPS) is 19.8. The lowest BCUT2D eigenvalue weighted by atomic mass is 9.96. The van der Waals surface area contributed by atoms with Gasteiger partial charge >= 0.3 is 0 Å². The monoisotopic (exact) mass is 292 g/mol. The molecule has 1 saturated heterocycles. The second-order valence-corrected chi connectivity index (χ2v) is 6.93. The number of nitrogens with zero attached hydrogens (tertiary/aromatic N) is 3. The van der Waals surface area contributed by atoms with Crippen molar-refractivity contribution in [2.24, 2.45) is 5.92 Å². The first-order valence-electron chi connectivity index (χ1n) is 7.96. The molecule has 1 fully saturated rings. The summed E-state index contributed by atoms with van der Waals surface area (Å²) in [6, 6.07) is 0. The molecule has 0 amide bonds. The van der Waals surface area contributed by atoms with E-state index in [9.17, 15) is 4.79 Å². The third-order valence-electron chi connectivity index (χ3n) is 3.98. The van der Waals surface area contributed by atoms with Crippen molar-refractivity contribution >= 4 is 5.82 Å². The quantitative estimate of drug-likeness (QED) is 0.920. The van der Waals surface area contributed by atoms with Crippen molar-refractivity contribution < 1.29 is 0 Å². The molecule has 118 valence electrons. The third kappa shape index (κ3) is 4.30. The van der Waals surface area contributed by atoms with E-state index in [1.54, 1.807) is 17.0 Å². The van der Waals surface area contributed by atoms with Crippen LogP contribution in [-0.4, -0.2) is 34.7 Å². The van der Waals surface area contributed by atoms with Crippen molar-refractivity contribution in [3.05, 3.63) is 22.7 Å². The van der Waals surface area contributed by atoms with E-state index in [-0.39, 0.29) is 11.1 Å². The van der Waals surface area contributed by atoms with Crippen LogP contribution in [0.15, 0.2) is 17.2 Å². The minimum atomic E-state index is 0.0319. The van der Waals surface area contributed by atoms with Gasteiger partial charge in [0, 0.05) is 44.1 Å². The van der Waals surface area contributed by atoms with Crippen LogP contribution in [0.3, 0.4) is 0 Å². The molecule has 0 aliphatic carbocycles. The van der Waals surface area contributed by atoms with Gasteiger partial charge in [0.1, 0.15) is 0 Å². The average molecular weight is 292 g/mol. The van der Waals surface area contributed by atoms with E-state index in [2.05, 4.69) is 36.0 Å². The van der Waals surface area contributed by atoms with Gasteiger partial charge in [-0.1, -0.05) is 0 Å². The SMILES string of the molecule is CCn1ccnc(N2CCCC(CNC(C)(C)C)C2)c1=O. The number of piperidine rings is 1. The summed E-state index contributed by atoms with van der Waals surface area (Å²) in [5.41, 5.74) is 0.173. The van der Waals surface area contributed by atoms with Crippen molar-refractivity contribution in [1.82, 2.24) is 14.9 Å². The van der Waals surface area contributed by atoms with Crippen LogP contribution in [0.1, 0.15) is 40.5 Å². The van der Waals surface area contributed by atoms with Crippen molar-refractivity contribution in [2.45, 2.75) is 52.6 Å². The van der Waals surface area contributed by atoms with Crippen LogP contribution in [-0.2, 0) is 6.54 Å². The fourth-order valence-corrected chi connectivity index (χ4v) is 2.78. The molecule has 21 heavy (non-hydrogen) atoms. The largest absolute Gasteiger partial charge is 0.352 e. The molecule has 1 N–H and O–H groups in total. The average Bonchev–Trinajstić information content (AvgIpc) is 2.45. The maximum Gasteiger partial charge on any atom is 0.293 e. The molecule has 0 spiro atoms. The molecule has 1 unspecified atom stereocenters. The van der Waals surface area contributed by atoms with Gasteiger partial charge in [0.15, 0.2) is 5.82 Å². The highest BCUT2D eigenvalue weighted by atomic mass is 16.1. The zero-order chi connectivity index (χ0) is 15.5. The van der Waals surface area contributed by atoms with Gasteiger partial charge in [-0.05, 0) is 46.5 Å². The Morgan fingerprint density at radius 2 is 2.19 bits per heavy atom. The van der Waals surface area contributed by atoms with Crippen molar-refractivity contribution in [3.8, 4) is 0 Å². The Balaban J connectivity index is 2.06. The Morgan fingerprint density at radius 3 is 2.86 bits per heavy atom. The van der Waals surface area contributed by atoms with E-state index in [1.807, 2.05) is 6.92 Å². The van der Waals surface area contributed by atoms with Gasteiger partial charge < -0.3 is 14.8 Å². The number of nitrogens with one attached hydrogen (secondary N) is 1. The van der Waals surface area contributed by atoms with Crippen LogP contribution < -0.4 is 15.8 Å². The zero-order valence-electron chi connectivity index (χ0n) is 13.7. The maximum atomic E-state index is 12.4. The molecule has 2 heterocycles. The predicted molar refractivity (Wildman–Crippen MR) is 86.9 cm³/mol. The molecular weight excluding hydrogens is 264 g/mol. The van der Waals surface area contributed by atoms with E-state index in [1.165, 1.54) is 6.42 Å². The van der Waals surface area contributed by atoms with Crippen LogP contribution in [0, 0.1) is 5.92 Å². The van der Waals surface area contributed by atoms with Gasteiger partial charge in [0.2, 0.25) is 0 Å². The fourth-order valence-electron chi connectivity index (χ4n) is 2.78. The van der Waals surface area contributed by atoms with E-state index in [0.717, 1.165) is 26.1 Å². The predicted octanol–water partition coefficient (Wildman–Crippen LogP) is 1.87. The molecule has 1 aliphatic rings. The minimum Gasteiger partial charge on any atom is -0.352 e. The highest BCUT2D eigenvalue weighted by Gasteiger charge is 2.24. The van der Waals surface area contributed by atoms with Crippen LogP contribution in [0.2, 0.25) is 0 Å². The Labute approximate surface area is 127 Å². The van der Waals surface area contributed by atoms with Gasteiger partial charge in [-0.2, -0.15) is 0 Å². The van der Waals surface area contributed by atoms with E-state index in [0.29, 0.717) is 18.3 Å². The first kappa shape index (κ1) is 16.0. The Kier molecular flexibility index (Phi) is 5.04. The standard InChI is InChI=1S/C16H28N4O/c1-5-19-10-8-17-14(15(19)21)20-9-6-7-13(12-20)11-18-16(2,3)4/h8,10,13,18H,5-7,9,11-12H2,1-4H3. The summed E-state index contributed by atoms with van der Waals surface area (Å²) in [7, 11) is 0. The van der Waals surface area contributed by atoms with E-state index >= 15 is 0 Å². The number of aryl methyl sites for hydroxylation is 1. The molecule has 0 radical (unpaired) electrons. The van der Waals surface area contributed by atoms with E-state index in [4.69, 9.17) is 0 Å². The van der Waals surface area contributed by atoms with Crippen LogP contribution in [0.4, 0.5) is 5.82 Å².